The number of benzene rings is 2. The molecular formula is C19H16Cl3N5O4S. The molecule has 1 N–H and O–H groups in total. The van der Waals surface area contributed by atoms with Crippen molar-refractivity contribution in [2.45, 2.75) is 18.2 Å². The van der Waals surface area contributed by atoms with Gasteiger partial charge >= 0.3 is 0 Å². The van der Waals surface area contributed by atoms with E-state index in [4.69, 9.17) is 39.5 Å². The van der Waals surface area contributed by atoms with Crippen molar-refractivity contribution in [2.75, 3.05) is 11.1 Å². The van der Waals surface area contributed by atoms with Crippen molar-refractivity contribution >= 4 is 63.8 Å². The lowest BCUT2D eigenvalue weighted by molar-refractivity contribution is -0.384. The fraction of sp³-hybridized carbons (Fsp3) is 0.211. The number of carbonyl (C=O) groups is 1. The number of hydrogen-bond acceptors (Lipinski definition) is 7. The Hall–Kier alpha value is -2.53. The van der Waals surface area contributed by atoms with Crippen molar-refractivity contribution in [3.8, 4) is 5.75 Å². The van der Waals surface area contributed by atoms with Gasteiger partial charge in [-0.15, -0.1) is 10.2 Å². The third-order valence-corrected chi connectivity index (χ3v) is 6.09. The number of halogens is 3. The van der Waals surface area contributed by atoms with Gasteiger partial charge in [-0.1, -0.05) is 46.6 Å². The highest BCUT2D eigenvalue weighted by molar-refractivity contribution is 7.99. The zero-order valence-corrected chi connectivity index (χ0v) is 19.8. The number of ether oxygens (including phenoxy) is 1. The Balaban J connectivity index is 1.63. The summed E-state index contributed by atoms with van der Waals surface area (Å²) in [7, 11) is 1.74. The van der Waals surface area contributed by atoms with Gasteiger partial charge in [-0.25, -0.2) is 0 Å². The first-order valence-corrected chi connectivity index (χ1v) is 11.1. The number of amides is 1. The average Bonchev–Trinajstić information content (AvgIpc) is 3.11. The van der Waals surface area contributed by atoms with E-state index in [1.165, 1.54) is 18.2 Å². The van der Waals surface area contributed by atoms with Crippen molar-refractivity contribution < 1.29 is 14.5 Å². The first-order valence-electron chi connectivity index (χ1n) is 9.03. The Labute approximate surface area is 202 Å². The molecule has 0 radical (unpaired) electrons. The fourth-order valence-electron chi connectivity index (χ4n) is 2.66. The van der Waals surface area contributed by atoms with Crippen molar-refractivity contribution in [1.82, 2.24) is 14.8 Å². The van der Waals surface area contributed by atoms with Gasteiger partial charge in [0.2, 0.25) is 5.91 Å². The average molecular weight is 517 g/mol. The molecule has 1 amide bonds. The predicted octanol–water partition coefficient (Wildman–Crippen LogP) is 5.55. The number of nitro groups is 1. The smallest absolute Gasteiger partial charge is 0.271 e. The van der Waals surface area contributed by atoms with Gasteiger partial charge in [0, 0.05) is 30.3 Å². The van der Waals surface area contributed by atoms with Crippen LogP contribution in [0, 0.1) is 10.1 Å². The monoisotopic (exact) mass is 515 g/mol. The van der Waals surface area contributed by atoms with Gasteiger partial charge in [-0.2, -0.15) is 0 Å². The van der Waals surface area contributed by atoms with Crippen LogP contribution in [-0.2, 0) is 11.8 Å². The van der Waals surface area contributed by atoms with Crippen LogP contribution >= 0.6 is 46.6 Å². The number of anilines is 1. The number of nitrogens with zero attached hydrogens (tertiary/aromatic N) is 4. The molecule has 2 aromatic carbocycles. The number of hydrogen-bond donors (Lipinski definition) is 1. The zero-order chi connectivity index (χ0) is 23.4. The molecule has 3 aromatic rings. The minimum absolute atomic E-state index is 0.0135. The van der Waals surface area contributed by atoms with E-state index >= 15 is 0 Å². The molecule has 0 aliphatic rings. The van der Waals surface area contributed by atoms with E-state index in [0.717, 1.165) is 11.8 Å². The van der Waals surface area contributed by atoms with Gasteiger partial charge in [-0.3, -0.25) is 14.9 Å². The second kappa shape index (κ2) is 10.4. The van der Waals surface area contributed by atoms with Crippen LogP contribution < -0.4 is 10.1 Å². The van der Waals surface area contributed by atoms with E-state index in [9.17, 15) is 14.9 Å². The van der Waals surface area contributed by atoms with Crippen molar-refractivity contribution in [3.63, 3.8) is 0 Å². The Kier molecular flexibility index (Phi) is 7.83. The Morgan fingerprint density at radius 3 is 2.66 bits per heavy atom. The molecule has 1 unspecified atom stereocenters. The largest absolute Gasteiger partial charge is 0.481 e. The summed E-state index contributed by atoms with van der Waals surface area (Å²) >= 11 is 19.3. The number of carbonyl (C=O) groups excluding carboxylic acids is 1. The molecule has 0 saturated heterocycles. The maximum atomic E-state index is 12.3. The molecule has 0 spiro atoms. The van der Waals surface area contributed by atoms with E-state index in [2.05, 4.69) is 15.5 Å². The van der Waals surface area contributed by atoms with Gasteiger partial charge in [0.1, 0.15) is 5.75 Å². The first kappa shape index (κ1) is 24.1. The first-order chi connectivity index (χ1) is 15.2. The third-order valence-electron chi connectivity index (χ3n) is 4.20. The molecule has 0 saturated carbocycles. The quantitative estimate of drug-likeness (QED) is 0.237. The van der Waals surface area contributed by atoms with E-state index in [-0.39, 0.29) is 22.2 Å². The summed E-state index contributed by atoms with van der Waals surface area (Å²) in [5.41, 5.74) is -0.0189. The van der Waals surface area contributed by atoms with Gasteiger partial charge in [0.15, 0.2) is 17.1 Å². The van der Waals surface area contributed by atoms with Gasteiger partial charge in [0.05, 0.1) is 26.4 Å². The minimum atomic E-state index is -0.568. The summed E-state index contributed by atoms with van der Waals surface area (Å²) in [4.78, 5) is 22.7. The molecule has 1 aromatic heterocycles. The molecule has 0 aliphatic heterocycles. The number of rotatable bonds is 8. The molecule has 0 fully saturated rings. The van der Waals surface area contributed by atoms with Crippen LogP contribution in [0.2, 0.25) is 15.1 Å². The highest BCUT2D eigenvalue weighted by Gasteiger charge is 2.20. The summed E-state index contributed by atoms with van der Waals surface area (Å²) in [5, 5.41) is 23.3. The second-order valence-electron chi connectivity index (χ2n) is 6.49. The Bertz CT molecular complexity index is 1170. The van der Waals surface area contributed by atoms with Crippen LogP contribution in [0.5, 0.6) is 5.75 Å². The number of non-ortho nitro benzene ring substituents is 1. The van der Waals surface area contributed by atoms with Crippen LogP contribution in [-0.4, -0.2) is 31.3 Å². The highest BCUT2D eigenvalue weighted by Crippen LogP contribution is 2.32. The van der Waals surface area contributed by atoms with Crippen molar-refractivity contribution in [1.29, 1.82) is 0 Å². The van der Waals surface area contributed by atoms with E-state index in [1.807, 2.05) is 0 Å². The minimum Gasteiger partial charge on any atom is -0.481 e. The van der Waals surface area contributed by atoms with Crippen LogP contribution in [0.3, 0.4) is 0 Å². The lowest BCUT2D eigenvalue weighted by Gasteiger charge is -2.15. The number of nitrogens with one attached hydrogen (secondary N) is 1. The molecule has 1 heterocycles. The normalized spacial score (nSPS) is 11.8. The maximum absolute atomic E-state index is 12.3. The van der Waals surface area contributed by atoms with Crippen LogP contribution in [0.1, 0.15) is 18.9 Å². The van der Waals surface area contributed by atoms with Crippen molar-refractivity contribution in [3.05, 3.63) is 67.4 Å². The Morgan fingerprint density at radius 2 is 1.94 bits per heavy atom. The van der Waals surface area contributed by atoms with Gasteiger partial charge in [-0.05, 0) is 25.1 Å². The molecule has 3 rings (SSSR count). The zero-order valence-electron chi connectivity index (χ0n) is 16.7. The van der Waals surface area contributed by atoms with E-state index in [1.54, 1.807) is 36.7 Å². The lowest BCUT2D eigenvalue weighted by Crippen LogP contribution is -2.15. The fourth-order valence-corrected chi connectivity index (χ4v) is 3.86. The van der Waals surface area contributed by atoms with Gasteiger partial charge < -0.3 is 14.6 Å². The number of thioether (sulfide) groups is 1. The summed E-state index contributed by atoms with van der Waals surface area (Å²) in [5.74, 6) is 0.514. The van der Waals surface area contributed by atoms with Crippen molar-refractivity contribution in [2.24, 2.45) is 7.05 Å². The molecule has 9 nitrogen and oxygen atoms in total. The molecule has 0 bridgehead atoms. The summed E-state index contributed by atoms with van der Waals surface area (Å²) in [6.07, 6.45) is -0.490. The Morgan fingerprint density at radius 1 is 1.22 bits per heavy atom. The standard InChI is InChI=1S/C19H16Cl3N5O4S/c1-10(31-16-7-11(20)3-5-14(16)22)18-24-25-19(26(18)2)32-9-17(28)23-15-8-12(27(29)30)4-6-13(15)21/h3-8,10H,9H2,1-2H3,(H,23,28). The van der Waals surface area contributed by atoms with E-state index in [0.29, 0.717) is 26.8 Å². The third kappa shape index (κ3) is 5.83. The molecule has 168 valence electrons. The summed E-state index contributed by atoms with van der Waals surface area (Å²) in [6.45, 7) is 1.78. The molecule has 32 heavy (non-hydrogen) atoms. The molecule has 1 atom stereocenters. The SMILES string of the molecule is CC(Oc1cc(Cl)ccc1Cl)c1nnc(SCC(=O)Nc2cc([N+](=O)[O-])ccc2Cl)n1C. The highest BCUT2D eigenvalue weighted by atomic mass is 35.5. The predicted molar refractivity (Wildman–Crippen MR) is 124 cm³/mol. The van der Waals surface area contributed by atoms with Crippen LogP contribution in [0.15, 0.2) is 41.6 Å². The maximum Gasteiger partial charge on any atom is 0.271 e. The van der Waals surface area contributed by atoms with Crippen LogP contribution in [0.4, 0.5) is 11.4 Å². The van der Waals surface area contributed by atoms with Crippen LogP contribution in [0.25, 0.3) is 0 Å². The summed E-state index contributed by atoms with van der Waals surface area (Å²) in [6, 6.07) is 8.71. The number of nitro benzene ring substituents is 1. The molecule has 13 heteroatoms. The molecule has 0 aliphatic carbocycles. The second-order valence-corrected chi connectivity index (χ2v) is 8.69. The van der Waals surface area contributed by atoms with Gasteiger partial charge in [0.25, 0.3) is 5.69 Å². The summed E-state index contributed by atoms with van der Waals surface area (Å²) < 4.78 is 7.55. The number of aromatic nitrogens is 3. The lowest BCUT2D eigenvalue weighted by atomic mass is 10.3. The topological polar surface area (TPSA) is 112 Å². The van der Waals surface area contributed by atoms with E-state index < -0.39 is 16.9 Å². The molecular weight excluding hydrogens is 501 g/mol.